The van der Waals surface area contributed by atoms with Gasteiger partial charge in [-0.05, 0) is 72.4 Å². The Bertz CT molecular complexity index is 767. The number of piperidine rings is 1. The molecule has 3 rings (SSSR count). The number of halogens is 1. The minimum atomic E-state index is -1.31. The van der Waals surface area contributed by atoms with Gasteiger partial charge in [0.1, 0.15) is 16.2 Å². The Hall–Kier alpha value is -1.38. The van der Waals surface area contributed by atoms with Crippen LogP contribution in [-0.2, 0) is 22.5 Å². The molecule has 6 nitrogen and oxygen atoms in total. The third-order valence-electron chi connectivity index (χ3n) is 5.61. The Labute approximate surface area is 175 Å². The summed E-state index contributed by atoms with van der Waals surface area (Å²) in [7, 11) is 0. The van der Waals surface area contributed by atoms with Gasteiger partial charge in [0.05, 0.1) is 12.2 Å². The maximum absolute atomic E-state index is 14.0. The van der Waals surface area contributed by atoms with Gasteiger partial charge in [-0.25, -0.2) is 9.18 Å². The predicted octanol–water partition coefficient (Wildman–Crippen LogP) is 3.89. The van der Waals surface area contributed by atoms with Gasteiger partial charge >= 0.3 is 6.09 Å². The van der Waals surface area contributed by atoms with Crippen molar-refractivity contribution in [3.05, 3.63) is 29.3 Å². The number of nitrogens with one attached hydrogen (secondary N) is 1. The van der Waals surface area contributed by atoms with E-state index >= 15 is 0 Å². The monoisotopic (exact) mass is 425 g/mol. The first-order chi connectivity index (χ1) is 13.3. The quantitative estimate of drug-likeness (QED) is 0.728. The van der Waals surface area contributed by atoms with Crippen molar-refractivity contribution < 1.29 is 18.5 Å². The van der Waals surface area contributed by atoms with Gasteiger partial charge in [-0.2, -0.15) is 0 Å². The highest BCUT2D eigenvalue weighted by atomic mass is 32.2. The van der Waals surface area contributed by atoms with Gasteiger partial charge in [0.2, 0.25) is 0 Å². The van der Waals surface area contributed by atoms with Crippen LogP contribution in [-0.4, -0.2) is 44.0 Å². The van der Waals surface area contributed by atoms with Crippen molar-refractivity contribution in [1.82, 2.24) is 14.6 Å². The molecule has 1 unspecified atom stereocenters. The molecule has 0 radical (unpaired) electrons. The van der Waals surface area contributed by atoms with Crippen molar-refractivity contribution in [3.63, 3.8) is 0 Å². The lowest BCUT2D eigenvalue weighted by Gasteiger charge is -2.43. The van der Waals surface area contributed by atoms with Gasteiger partial charge in [-0.15, -0.1) is 4.72 Å². The summed E-state index contributed by atoms with van der Waals surface area (Å²) in [6.07, 6.45) is 3.04. The molecular weight excluding hydrogens is 393 g/mol. The third-order valence-corrected chi connectivity index (χ3v) is 7.17. The Morgan fingerprint density at radius 3 is 2.48 bits per heavy atom. The lowest BCUT2D eigenvalue weighted by molar-refractivity contribution is 0.00711. The summed E-state index contributed by atoms with van der Waals surface area (Å²) in [6.45, 7) is 12.4. The fourth-order valence-electron chi connectivity index (χ4n) is 4.05. The summed E-state index contributed by atoms with van der Waals surface area (Å²) in [5.41, 5.74) is 0.849. The summed E-state index contributed by atoms with van der Waals surface area (Å²) >= 11 is -1.31. The number of fused-ring (bicyclic) bond motifs is 1. The summed E-state index contributed by atoms with van der Waals surface area (Å²) in [6, 6.07) is 1.25. The van der Waals surface area contributed by atoms with Crippen LogP contribution in [0.25, 0.3) is 0 Å². The van der Waals surface area contributed by atoms with E-state index in [4.69, 9.17) is 4.74 Å². The minimum absolute atomic E-state index is 0.247. The van der Waals surface area contributed by atoms with Crippen molar-refractivity contribution in [2.75, 3.05) is 13.1 Å². The molecule has 0 aromatic carbocycles. The standard InChI is InChI=1S/C21H32FN3O3S/c1-19(2,3)28-18(26)25-9-7-21(8-10-25)12-16-15(11-14(22)13-23-16)17(21)24-29(27)20(4,5)6/h11,13,17,24H,7-10,12H2,1-6H3/t17?,29-/m1/s1. The summed E-state index contributed by atoms with van der Waals surface area (Å²) in [5, 5.41) is 0. The average Bonchev–Trinajstić information content (AvgIpc) is 2.86. The molecule has 2 atom stereocenters. The summed E-state index contributed by atoms with van der Waals surface area (Å²) in [4.78, 5) is 18.5. The normalized spacial score (nSPS) is 22.5. The molecule has 8 heteroatoms. The van der Waals surface area contributed by atoms with Gasteiger partial charge < -0.3 is 14.2 Å². The van der Waals surface area contributed by atoms with Gasteiger partial charge in [-0.3, -0.25) is 4.98 Å². The zero-order chi connectivity index (χ0) is 21.6. The number of likely N-dealkylation sites (tertiary alicyclic amines) is 1. The van der Waals surface area contributed by atoms with E-state index in [9.17, 15) is 13.7 Å². The van der Waals surface area contributed by atoms with E-state index < -0.39 is 21.7 Å². The maximum Gasteiger partial charge on any atom is 0.410 e. The van der Waals surface area contributed by atoms with Crippen LogP contribution in [0.5, 0.6) is 0 Å². The molecule has 1 aromatic heterocycles. The van der Waals surface area contributed by atoms with E-state index in [2.05, 4.69) is 9.71 Å². The van der Waals surface area contributed by atoms with Crippen LogP contribution in [0.15, 0.2) is 12.3 Å². The third kappa shape index (κ3) is 4.86. The number of hydrogen-bond donors (Lipinski definition) is 1. The number of hydrogen-bond acceptors (Lipinski definition) is 5. The molecule has 1 aliphatic heterocycles. The first kappa shape index (κ1) is 22.3. The van der Waals surface area contributed by atoms with E-state index in [1.54, 1.807) is 4.90 Å². The molecule has 1 saturated heterocycles. The number of aromatic nitrogens is 1. The summed E-state index contributed by atoms with van der Waals surface area (Å²) in [5.74, 6) is -0.389. The molecule has 2 heterocycles. The fraction of sp³-hybridized carbons (Fsp3) is 0.714. The maximum atomic E-state index is 14.0. The van der Waals surface area contributed by atoms with Gasteiger partial charge in [-0.1, -0.05) is 0 Å². The van der Waals surface area contributed by atoms with Crippen molar-refractivity contribution in [1.29, 1.82) is 0 Å². The molecule has 1 spiro atoms. The van der Waals surface area contributed by atoms with E-state index in [0.29, 0.717) is 32.4 Å². The van der Waals surface area contributed by atoms with E-state index in [1.807, 2.05) is 41.5 Å². The number of carbonyl (C=O) groups excluding carboxylic acids is 1. The highest BCUT2D eigenvalue weighted by molar-refractivity contribution is 7.90. The lowest BCUT2D eigenvalue weighted by atomic mass is 9.73. The Kier molecular flexibility index (Phi) is 5.93. The molecule has 29 heavy (non-hydrogen) atoms. The smallest absolute Gasteiger partial charge is 0.410 e. The topological polar surface area (TPSA) is 77.5 Å². The van der Waals surface area contributed by atoms with Crippen LogP contribution in [0.3, 0.4) is 0 Å². The molecule has 1 amide bonds. The van der Waals surface area contributed by atoms with Crippen LogP contribution in [0.1, 0.15) is 71.7 Å². The average molecular weight is 426 g/mol. The number of carbonyl (C=O) groups is 1. The molecule has 0 saturated carbocycles. The van der Waals surface area contributed by atoms with E-state index in [0.717, 1.165) is 11.3 Å². The highest BCUT2D eigenvalue weighted by Gasteiger charge is 2.52. The Morgan fingerprint density at radius 1 is 1.31 bits per heavy atom. The highest BCUT2D eigenvalue weighted by Crippen LogP contribution is 2.52. The molecule has 1 N–H and O–H groups in total. The largest absolute Gasteiger partial charge is 0.598 e. The van der Waals surface area contributed by atoms with Crippen LogP contribution < -0.4 is 4.72 Å². The molecule has 1 fully saturated rings. The fourth-order valence-corrected chi connectivity index (χ4v) is 4.99. The first-order valence-electron chi connectivity index (χ1n) is 10.1. The number of amides is 1. The zero-order valence-electron chi connectivity index (χ0n) is 18.2. The van der Waals surface area contributed by atoms with Crippen LogP contribution >= 0.6 is 0 Å². The van der Waals surface area contributed by atoms with Crippen molar-refractivity contribution in [3.8, 4) is 0 Å². The zero-order valence-corrected chi connectivity index (χ0v) is 19.0. The minimum Gasteiger partial charge on any atom is -0.598 e. The van der Waals surface area contributed by atoms with Crippen LogP contribution in [0.4, 0.5) is 9.18 Å². The second kappa shape index (κ2) is 7.71. The summed E-state index contributed by atoms with van der Waals surface area (Å²) < 4.78 is 35.2. The van der Waals surface area contributed by atoms with Gasteiger partial charge in [0.25, 0.3) is 0 Å². The number of nitrogens with zero attached hydrogens (tertiary/aromatic N) is 2. The second-order valence-corrected chi connectivity index (χ2v) is 12.1. The van der Waals surface area contributed by atoms with Gasteiger partial charge in [0, 0.05) is 35.6 Å². The SMILES string of the molecule is CC(C)(C)OC(=O)N1CCC2(CC1)Cc1ncc(F)cc1C2N[S@+]([O-])C(C)(C)C. The van der Waals surface area contributed by atoms with Gasteiger partial charge in [0.15, 0.2) is 0 Å². The van der Waals surface area contributed by atoms with Crippen molar-refractivity contribution >= 4 is 17.5 Å². The van der Waals surface area contributed by atoms with E-state index in [1.165, 1.54) is 12.3 Å². The molecular formula is C21H32FN3O3S. The van der Waals surface area contributed by atoms with Crippen LogP contribution in [0.2, 0.25) is 0 Å². The number of ether oxygens (including phenoxy) is 1. The molecule has 1 aliphatic carbocycles. The first-order valence-corrected chi connectivity index (χ1v) is 11.3. The lowest BCUT2D eigenvalue weighted by Crippen LogP contribution is -2.51. The molecule has 1 aromatic rings. The molecule has 0 bridgehead atoms. The second-order valence-electron chi connectivity index (χ2n) is 10.1. The molecule has 162 valence electrons. The molecule has 2 aliphatic rings. The van der Waals surface area contributed by atoms with Crippen molar-refractivity contribution in [2.45, 2.75) is 77.2 Å². The Morgan fingerprint density at radius 2 is 1.93 bits per heavy atom. The van der Waals surface area contributed by atoms with Crippen LogP contribution in [0, 0.1) is 11.2 Å². The van der Waals surface area contributed by atoms with E-state index in [-0.39, 0.29) is 23.4 Å². The number of rotatable bonds is 2. The predicted molar refractivity (Wildman–Crippen MR) is 111 cm³/mol. The number of pyridine rings is 1. The van der Waals surface area contributed by atoms with Crippen molar-refractivity contribution in [2.24, 2.45) is 5.41 Å². The Balaban J connectivity index is 1.81.